The van der Waals surface area contributed by atoms with Crippen LogP contribution in [0.1, 0.15) is 6.42 Å². The lowest BCUT2D eigenvalue weighted by molar-refractivity contribution is 0.138. The Labute approximate surface area is 196 Å². The maximum Gasteiger partial charge on any atom is 0.412 e. The molecule has 1 saturated heterocycles. The van der Waals surface area contributed by atoms with Crippen LogP contribution in [0.4, 0.5) is 9.59 Å². The highest BCUT2D eigenvalue weighted by atomic mass is 79.9. The van der Waals surface area contributed by atoms with E-state index < -0.39 is 34.3 Å². The van der Waals surface area contributed by atoms with Gasteiger partial charge in [0.05, 0.1) is 10.9 Å². The number of para-hydroxylation sites is 1. The van der Waals surface area contributed by atoms with Crippen molar-refractivity contribution in [1.29, 1.82) is 0 Å². The van der Waals surface area contributed by atoms with Crippen molar-refractivity contribution < 1.29 is 27.9 Å². The third-order valence-electron chi connectivity index (χ3n) is 4.60. The molecule has 3 N–H and O–H groups in total. The maximum absolute atomic E-state index is 12.8. The standard InChI is InChI=1S/C19H19Br2N3O6S/c20-12-6-7-16(21)17(8-12)31(28,29)23-13-9-14(24(11-13)19(26)27)10-22-18(25)30-15-4-2-1-3-5-15/h1-8,13-14,23H,9-11H2,(H,22,25)(H,26,27)/t13-,14-/m1/s1. The summed E-state index contributed by atoms with van der Waals surface area (Å²) in [5, 5.41) is 12.0. The molecule has 0 aromatic heterocycles. The number of hydrogen-bond donors (Lipinski definition) is 3. The molecule has 0 saturated carbocycles. The van der Waals surface area contributed by atoms with Gasteiger partial charge >= 0.3 is 12.2 Å². The first-order chi connectivity index (χ1) is 14.7. The molecule has 9 nitrogen and oxygen atoms in total. The maximum atomic E-state index is 12.8. The first-order valence-corrected chi connectivity index (χ1v) is 12.2. The molecule has 1 fully saturated rings. The Morgan fingerprint density at radius 2 is 1.87 bits per heavy atom. The van der Waals surface area contributed by atoms with Crippen LogP contribution in [-0.4, -0.2) is 55.8 Å². The predicted octanol–water partition coefficient (Wildman–Crippen LogP) is 3.40. The molecule has 12 heteroatoms. The molecule has 166 valence electrons. The third-order valence-corrected chi connectivity index (χ3v) is 7.61. The van der Waals surface area contributed by atoms with Crippen LogP contribution in [0.3, 0.4) is 0 Å². The zero-order chi connectivity index (χ0) is 22.6. The third kappa shape index (κ3) is 6.19. The highest BCUT2D eigenvalue weighted by Crippen LogP contribution is 2.27. The van der Waals surface area contributed by atoms with Crippen LogP contribution in [0.25, 0.3) is 0 Å². The average molecular weight is 577 g/mol. The summed E-state index contributed by atoms with van der Waals surface area (Å²) in [7, 11) is -3.90. The Kier molecular flexibility index (Phi) is 7.57. The SMILES string of the molecule is O=C(NC[C@H]1C[C@@H](NS(=O)(=O)c2cc(Br)ccc2Br)CN1C(=O)O)Oc1ccccc1. The van der Waals surface area contributed by atoms with Crippen molar-refractivity contribution in [2.24, 2.45) is 0 Å². The molecule has 2 amide bonds. The van der Waals surface area contributed by atoms with E-state index in [1.807, 2.05) is 0 Å². The van der Waals surface area contributed by atoms with E-state index in [-0.39, 0.29) is 24.4 Å². The molecule has 2 aromatic carbocycles. The van der Waals surface area contributed by atoms with E-state index in [0.29, 0.717) is 14.7 Å². The van der Waals surface area contributed by atoms with Gasteiger partial charge in [-0.05, 0) is 52.7 Å². The van der Waals surface area contributed by atoms with Crippen molar-refractivity contribution in [2.45, 2.75) is 23.4 Å². The number of sulfonamides is 1. The van der Waals surface area contributed by atoms with Gasteiger partial charge in [-0.25, -0.2) is 22.7 Å². The summed E-state index contributed by atoms with van der Waals surface area (Å²) >= 11 is 6.47. The van der Waals surface area contributed by atoms with E-state index >= 15 is 0 Å². The van der Waals surface area contributed by atoms with Gasteiger partial charge in [0, 0.05) is 28.1 Å². The summed E-state index contributed by atoms with van der Waals surface area (Å²) in [5.41, 5.74) is 0. The molecule has 0 aliphatic carbocycles. The molecule has 1 heterocycles. The topological polar surface area (TPSA) is 125 Å². The van der Waals surface area contributed by atoms with E-state index in [0.717, 1.165) is 4.90 Å². The van der Waals surface area contributed by atoms with Crippen LogP contribution >= 0.6 is 31.9 Å². The summed E-state index contributed by atoms with van der Waals surface area (Å²) in [5.74, 6) is 0.353. The normalized spacial score (nSPS) is 18.6. The molecule has 31 heavy (non-hydrogen) atoms. The average Bonchev–Trinajstić information content (AvgIpc) is 3.11. The molecule has 2 atom stereocenters. The van der Waals surface area contributed by atoms with Crippen molar-refractivity contribution >= 4 is 54.1 Å². The van der Waals surface area contributed by atoms with Gasteiger partial charge < -0.3 is 20.1 Å². The Morgan fingerprint density at radius 1 is 1.16 bits per heavy atom. The van der Waals surface area contributed by atoms with E-state index in [4.69, 9.17) is 4.74 Å². The fraction of sp³-hybridized carbons (Fsp3) is 0.263. The second kappa shape index (κ2) is 9.98. The van der Waals surface area contributed by atoms with Crippen molar-refractivity contribution in [3.63, 3.8) is 0 Å². The smallest absolute Gasteiger partial charge is 0.412 e. The van der Waals surface area contributed by atoms with Crippen LogP contribution in [0.15, 0.2) is 62.4 Å². The largest absolute Gasteiger partial charge is 0.465 e. The van der Waals surface area contributed by atoms with Gasteiger partial charge in [0.25, 0.3) is 0 Å². The number of nitrogens with one attached hydrogen (secondary N) is 2. The summed E-state index contributed by atoms with van der Waals surface area (Å²) in [4.78, 5) is 24.8. The molecule has 2 aromatic rings. The minimum Gasteiger partial charge on any atom is -0.465 e. The van der Waals surface area contributed by atoms with E-state index in [2.05, 4.69) is 41.9 Å². The summed E-state index contributed by atoms with van der Waals surface area (Å²) in [6, 6.07) is 11.9. The van der Waals surface area contributed by atoms with Crippen molar-refractivity contribution in [2.75, 3.05) is 13.1 Å². The number of nitrogens with zero attached hydrogens (tertiary/aromatic N) is 1. The zero-order valence-corrected chi connectivity index (χ0v) is 20.0. The lowest BCUT2D eigenvalue weighted by Crippen LogP contribution is -2.43. The highest BCUT2D eigenvalue weighted by Gasteiger charge is 2.38. The first kappa shape index (κ1) is 23.5. The second-order valence-corrected chi connectivity index (χ2v) is 10.3. The number of carbonyl (C=O) groups is 2. The molecular weight excluding hydrogens is 558 g/mol. The number of benzene rings is 2. The molecule has 0 radical (unpaired) electrons. The van der Waals surface area contributed by atoms with E-state index in [1.165, 1.54) is 6.07 Å². The van der Waals surface area contributed by atoms with E-state index in [9.17, 15) is 23.1 Å². The van der Waals surface area contributed by atoms with Crippen LogP contribution in [0, 0.1) is 0 Å². The second-order valence-electron chi connectivity index (χ2n) is 6.80. The summed E-state index contributed by atoms with van der Waals surface area (Å²) in [6.45, 7) is -0.0585. The lowest BCUT2D eigenvalue weighted by atomic mass is 10.2. The summed E-state index contributed by atoms with van der Waals surface area (Å²) < 4.78 is 34.2. The molecule has 0 bridgehead atoms. The van der Waals surface area contributed by atoms with Crippen LogP contribution in [0.2, 0.25) is 0 Å². The number of likely N-dealkylation sites (tertiary alicyclic amines) is 1. The number of carboxylic acid groups (broad SMARTS) is 1. The van der Waals surface area contributed by atoms with Crippen molar-refractivity contribution in [3.05, 3.63) is 57.5 Å². The van der Waals surface area contributed by atoms with Gasteiger partial charge in [-0.2, -0.15) is 0 Å². The minimum atomic E-state index is -3.90. The zero-order valence-electron chi connectivity index (χ0n) is 16.0. The van der Waals surface area contributed by atoms with Crippen LogP contribution < -0.4 is 14.8 Å². The van der Waals surface area contributed by atoms with Crippen LogP contribution in [0.5, 0.6) is 5.75 Å². The van der Waals surface area contributed by atoms with Crippen molar-refractivity contribution in [1.82, 2.24) is 14.9 Å². The molecule has 1 aliphatic rings. The lowest BCUT2D eigenvalue weighted by Gasteiger charge is -2.21. The van der Waals surface area contributed by atoms with Gasteiger partial charge in [-0.3, -0.25) is 0 Å². The van der Waals surface area contributed by atoms with Gasteiger partial charge in [0.2, 0.25) is 10.0 Å². The van der Waals surface area contributed by atoms with Crippen LogP contribution in [-0.2, 0) is 10.0 Å². The molecule has 1 aliphatic heterocycles. The number of halogens is 2. The fourth-order valence-corrected chi connectivity index (χ4v) is 5.97. The van der Waals surface area contributed by atoms with Gasteiger partial charge in [0.1, 0.15) is 5.75 Å². The van der Waals surface area contributed by atoms with E-state index in [1.54, 1.807) is 42.5 Å². The summed E-state index contributed by atoms with van der Waals surface area (Å²) in [6.07, 6.45) is -1.73. The Bertz CT molecular complexity index is 1070. The molecule has 3 rings (SSSR count). The number of carbonyl (C=O) groups excluding carboxylic acids is 1. The number of rotatable bonds is 6. The fourth-order valence-electron chi connectivity index (χ4n) is 3.23. The first-order valence-electron chi connectivity index (χ1n) is 9.13. The van der Waals surface area contributed by atoms with Gasteiger partial charge in [-0.15, -0.1) is 0 Å². The minimum absolute atomic E-state index is 0.0171. The quantitative estimate of drug-likeness (QED) is 0.484. The number of hydrogen-bond acceptors (Lipinski definition) is 5. The monoisotopic (exact) mass is 575 g/mol. The highest BCUT2D eigenvalue weighted by molar-refractivity contribution is 9.11. The van der Waals surface area contributed by atoms with Gasteiger partial charge in [-0.1, -0.05) is 34.1 Å². The Balaban J connectivity index is 1.63. The molecule has 0 unspecified atom stereocenters. The number of ether oxygens (including phenoxy) is 1. The van der Waals surface area contributed by atoms with Gasteiger partial charge in [0.15, 0.2) is 0 Å². The Hall–Kier alpha value is -2.15. The molecule has 0 spiro atoms. The van der Waals surface area contributed by atoms with Crippen molar-refractivity contribution in [3.8, 4) is 5.75 Å². The Morgan fingerprint density at radius 3 is 2.55 bits per heavy atom. The predicted molar refractivity (Wildman–Crippen MR) is 120 cm³/mol. The molecular formula is C19H19Br2N3O6S. The number of amides is 2.